The van der Waals surface area contributed by atoms with E-state index < -0.39 is 0 Å². The minimum atomic E-state index is -0.0640. The average molecular weight is 301 g/mol. The molecule has 0 bridgehead atoms. The fourth-order valence-electron chi connectivity index (χ4n) is 2.71. The summed E-state index contributed by atoms with van der Waals surface area (Å²) >= 11 is 1.93. The third kappa shape index (κ3) is 5.60. The van der Waals surface area contributed by atoms with E-state index in [4.69, 9.17) is 4.74 Å². The molecule has 2 rings (SSSR count). The molecule has 0 aromatic carbocycles. The van der Waals surface area contributed by atoms with Crippen LogP contribution in [0.3, 0.4) is 0 Å². The van der Waals surface area contributed by atoms with E-state index in [1.807, 2.05) is 11.8 Å². The third-order valence-corrected chi connectivity index (χ3v) is 4.82. The molecule has 2 aliphatic heterocycles. The Bertz CT molecular complexity index is 320. The molecular formula is C14H27N3O2S. The number of hydrogen-bond donors (Lipinski definition) is 2. The van der Waals surface area contributed by atoms with Gasteiger partial charge in [-0.1, -0.05) is 0 Å². The molecule has 2 fully saturated rings. The van der Waals surface area contributed by atoms with E-state index in [0.717, 1.165) is 50.8 Å². The van der Waals surface area contributed by atoms with E-state index in [-0.39, 0.29) is 11.5 Å². The van der Waals surface area contributed by atoms with Crippen LogP contribution >= 0.6 is 11.8 Å². The van der Waals surface area contributed by atoms with Gasteiger partial charge in [0.05, 0.1) is 12.2 Å². The van der Waals surface area contributed by atoms with E-state index in [0.29, 0.717) is 12.5 Å². The highest BCUT2D eigenvalue weighted by Crippen LogP contribution is 2.15. The second-order valence-corrected chi connectivity index (χ2v) is 7.31. The maximum atomic E-state index is 11.9. The number of amides is 1. The predicted molar refractivity (Wildman–Crippen MR) is 83.2 cm³/mol. The number of nitrogens with one attached hydrogen (secondary N) is 2. The van der Waals surface area contributed by atoms with Crippen molar-refractivity contribution in [1.82, 2.24) is 15.5 Å². The Morgan fingerprint density at radius 3 is 3.10 bits per heavy atom. The molecule has 0 spiro atoms. The smallest absolute Gasteiger partial charge is 0.221 e. The van der Waals surface area contributed by atoms with Crippen molar-refractivity contribution in [3.05, 3.63) is 0 Å². The van der Waals surface area contributed by atoms with Crippen molar-refractivity contribution in [2.45, 2.75) is 31.9 Å². The molecule has 1 unspecified atom stereocenters. The molecule has 0 aromatic heterocycles. The van der Waals surface area contributed by atoms with Gasteiger partial charge in [0.25, 0.3) is 0 Å². The SMILES string of the molecule is CC1(C)CN(CCNC(=O)CC2CSCCN2)CCO1. The lowest BCUT2D eigenvalue weighted by Gasteiger charge is -2.38. The van der Waals surface area contributed by atoms with E-state index >= 15 is 0 Å². The average Bonchev–Trinajstić information content (AvgIpc) is 2.38. The summed E-state index contributed by atoms with van der Waals surface area (Å²) in [7, 11) is 0. The standard InChI is InChI=1S/C14H27N3O2S/c1-14(2)11-17(6-7-19-14)5-3-16-13(18)9-12-10-20-8-4-15-12/h12,15H,3-11H2,1-2H3,(H,16,18). The van der Waals surface area contributed by atoms with Gasteiger partial charge in [-0.2, -0.15) is 11.8 Å². The van der Waals surface area contributed by atoms with Crippen LogP contribution in [0, 0.1) is 0 Å². The Kier molecular flexibility index (Phi) is 6.14. The second kappa shape index (κ2) is 7.64. The molecule has 6 heteroatoms. The minimum Gasteiger partial charge on any atom is -0.373 e. The normalized spacial score (nSPS) is 27.2. The molecule has 20 heavy (non-hydrogen) atoms. The van der Waals surface area contributed by atoms with Crippen molar-refractivity contribution in [3.8, 4) is 0 Å². The molecule has 0 radical (unpaired) electrons. The zero-order chi connectivity index (χ0) is 14.4. The molecule has 2 saturated heterocycles. The van der Waals surface area contributed by atoms with E-state index in [9.17, 15) is 4.79 Å². The summed E-state index contributed by atoms with van der Waals surface area (Å²) in [5.41, 5.74) is -0.0640. The summed E-state index contributed by atoms with van der Waals surface area (Å²) in [4.78, 5) is 14.2. The van der Waals surface area contributed by atoms with Crippen molar-refractivity contribution in [3.63, 3.8) is 0 Å². The summed E-state index contributed by atoms with van der Waals surface area (Å²) in [6, 6.07) is 0.344. The van der Waals surface area contributed by atoms with Crippen LogP contribution in [0.4, 0.5) is 0 Å². The van der Waals surface area contributed by atoms with Gasteiger partial charge in [0.2, 0.25) is 5.91 Å². The maximum absolute atomic E-state index is 11.9. The van der Waals surface area contributed by atoms with Crippen LogP contribution in [-0.2, 0) is 9.53 Å². The Morgan fingerprint density at radius 2 is 2.40 bits per heavy atom. The fourth-order valence-corrected chi connectivity index (χ4v) is 3.65. The molecule has 116 valence electrons. The summed E-state index contributed by atoms with van der Waals surface area (Å²) < 4.78 is 5.68. The van der Waals surface area contributed by atoms with Gasteiger partial charge in [0.1, 0.15) is 0 Å². The van der Waals surface area contributed by atoms with Gasteiger partial charge in [-0.25, -0.2) is 0 Å². The lowest BCUT2D eigenvalue weighted by molar-refractivity contribution is -0.121. The van der Waals surface area contributed by atoms with Gasteiger partial charge in [-0.3, -0.25) is 9.69 Å². The molecule has 0 aliphatic carbocycles. The van der Waals surface area contributed by atoms with Gasteiger partial charge < -0.3 is 15.4 Å². The van der Waals surface area contributed by atoms with E-state index in [1.165, 1.54) is 0 Å². The summed E-state index contributed by atoms with van der Waals surface area (Å²) in [5.74, 6) is 2.37. The van der Waals surface area contributed by atoms with Gasteiger partial charge in [-0.15, -0.1) is 0 Å². The van der Waals surface area contributed by atoms with E-state index in [2.05, 4.69) is 29.4 Å². The highest BCUT2D eigenvalue weighted by Gasteiger charge is 2.26. The van der Waals surface area contributed by atoms with Crippen LogP contribution in [0.25, 0.3) is 0 Å². The van der Waals surface area contributed by atoms with Crippen LogP contribution < -0.4 is 10.6 Å². The van der Waals surface area contributed by atoms with Gasteiger partial charge in [0.15, 0.2) is 0 Å². The number of ether oxygens (including phenoxy) is 1. The van der Waals surface area contributed by atoms with Crippen LogP contribution in [0.5, 0.6) is 0 Å². The molecule has 2 aliphatic rings. The third-order valence-electron chi connectivity index (χ3n) is 3.69. The fraction of sp³-hybridized carbons (Fsp3) is 0.929. The minimum absolute atomic E-state index is 0.0640. The lowest BCUT2D eigenvalue weighted by atomic mass is 10.1. The Labute approximate surface area is 126 Å². The van der Waals surface area contributed by atoms with Crippen molar-refractivity contribution >= 4 is 17.7 Å². The lowest BCUT2D eigenvalue weighted by Crippen LogP contribution is -2.50. The molecule has 5 nitrogen and oxygen atoms in total. The van der Waals surface area contributed by atoms with Gasteiger partial charge in [0, 0.05) is 56.7 Å². The predicted octanol–water partition coefficient (Wildman–Crippen LogP) is 0.309. The van der Waals surface area contributed by atoms with Crippen LogP contribution in [0.15, 0.2) is 0 Å². The summed E-state index contributed by atoms with van der Waals surface area (Å²) in [6.45, 7) is 9.56. The summed E-state index contributed by atoms with van der Waals surface area (Å²) in [5, 5.41) is 6.43. The molecule has 1 amide bonds. The van der Waals surface area contributed by atoms with Crippen molar-refractivity contribution in [1.29, 1.82) is 0 Å². The topological polar surface area (TPSA) is 53.6 Å². The first-order chi connectivity index (χ1) is 9.55. The van der Waals surface area contributed by atoms with Crippen LogP contribution in [-0.4, -0.2) is 73.3 Å². The highest BCUT2D eigenvalue weighted by atomic mass is 32.2. The second-order valence-electron chi connectivity index (χ2n) is 6.16. The van der Waals surface area contributed by atoms with Crippen molar-refractivity contribution < 1.29 is 9.53 Å². The van der Waals surface area contributed by atoms with Crippen molar-refractivity contribution in [2.75, 3.05) is 50.8 Å². The Morgan fingerprint density at radius 1 is 1.55 bits per heavy atom. The van der Waals surface area contributed by atoms with Crippen LogP contribution in [0.1, 0.15) is 20.3 Å². The molecule has 1 atom stereocenters. The van der Waals surface area contributed by atoms with Gasteiger partial charge in [-0.05, 0) is 13.8 Å². The molecule has 2 N–H and O–H groups in total. The Hall–Kier alpha value is -0.300. The molecule has 0 aromatic rings. The monoisotopic (exact) mass is 301 g/mol. The molecular weight excluding hydrogens is 274 g/mol. The number of thioether (sulfide) groups is 1. The first kappa shape index (κ1) is 16.1. The Balaban J connectivity index is 1.59. The van der Waals surface area contributed by atoms with Crippen molar-refractivity contribution in [2.24, 2.45) is 0 Å². The largest absolute Gasteiger partial charge is 0.373 e. The zero-order valence-corrected chi connectivity index (χ0v) is 13.4. The summed E-state index contributed by atoms with van der Waals surface area (Å²) in [6.07, 6.45) is 0.599. The quantitative estimate of drug-likeness (QED) is 0.765. The number of rotatable bonds is 5. The number of carbonyl (C=O) groups excluding carboxylic acids is 1. The number of nitrogens with zero attached hydrogens (tertiary/aromatic N) is 1. The van der Waals surface area contributed by atoms with Crippen LogP contribution in [0.2, 0.25) is 0 Å². The molecule has 2 heterocycles. The van der Waals surface area contributed by atoms with Gasteiger partial charge >= 0.3 is 0 Å². The number of morpholine rings is 1. The molecule has 0 saturated carbocycles. The zero-order valence-electron chi connectivity index (χ0n) is 12.6. The first-order valence-electron chi connectivity index (χ1n) is 7.49. The first-order valence-corrected chi connectivity index (χ1v) is 8.65. The number of carbonyl (C=O) groups is 1. The number of hydrogen-bond acceptors (Lipinski definition) is 5. The van der Waals surface area contributed by atoms with E-state index in [1.54, 1.807) is 0 Å². The maximum Gasteiger partial charge on any atom is 0.221 e. The highest BCUT2D eigenvalue weighted by molar-refractivity contribution is 7.99.